The largest absolute Gasteiger partial charge is 0.460 e. The second kappa shape index (κ2) is 7.56. The number of rotatable bonds is 5. The second-order valence-electron chi connectivity index (χ2n) is 3.94. The van der Waals surface area contributed by atoms with E-state index in [9.17, 15) is 4.79 Å². The van der Waals surface area contributed by atoms with Crippen molar-refractivity contribution in [3.05, 3.63) is 54.1 Å². The average molecular weight is 282 g/mol. The van der Waals surface area contributed by atoms with Crippen LogP contribution < -0.4 is 5.73 Å². The molecule has 1 aromatic carbocycles. The summed E-state index contributed by atoms with van der Waals surface area (Å²) in [4.78, 5) is 18.6. The molecule has 6 heteroatoms. The van der Waals surface area contributed by atoms with Crippen molar-refractivity contribution in [1.82, 2.24) is 9.97 Å². The van der Waals surface area contributed by atoms with Crippen LogP contribution >= 0.6 is 12.4 Å². The standard InChI is InChI=1S/C13H15N3O2.ClH/c14-11(8-12-15-6-7-16-12)13(17)18-9-10-4-2-1-3-5-10;/h1-7,11H,8-9,14H2,(H,15,16);1H. The summed E-state index contributed by atoms with van der Waals surface area (Å²) in [6, 6.07) is 8.79. The molecule has 5 nitrogen and oxygen atoms in total. The van der Waals surface area contributed by atoms with Crippen LogP contribution in [0, 0.1) is 0 Å². The topological polar surface area (TPSA) is 81.0 Å². The lowest BCUT2D eigenvalue weighted by Gasteiger charge is -2.10. The van der Waals surface area contributed by atoms with Crippen LogP contribution in [-0.4, -0.2) is 22.0 Å². The second-order valence-corrected chi connectivity index (χ2v) is 3.94. The number of ether oxygens (including phenoxy) is 1. The van der Waals surface area contributed by atoms with E-state index in [2.05, 4.69) is 9.97 Å². The molecular formula is C13H16ClN3O2. The molecule has 0 amide bonds. The Morgan fingerprint density at radius 3 is 2.74 bits per heavy atom. The molecule has 2 aromatic rings. The van der Waals surface area contributed by atoms with Crippen molar-refractivity contribution in [2.45, 2.75) is 19.1 Å². The number of imidazole rings is 1. The fourth-order valence-electron chi connectivity index (χ4n) is 1.54. The van der Waals surface area contributed by atoms with Gasteiger partial charge in [0.25, 0.3) is 0 Å². The predicted octanol–water partition coefficient (Wildman–Crippen LogP) is 1.44. The van der Waals surface area contributed by atoms with Gasteiger partial charge in [-0.15, -0.1) is 12.4 Å². The van der Waals surface area contributed by atoms with Crippen molar-refractivity contribution >= 4 is 18.4 Å². The first-order valence-corrected chi connectivity index (χ1v) is 5.70. The number of esters is 1. The maximum atomic E-state index is 11.7. The van der Waals surface area contributed by atoms with Gasteiger partial charge in [0.15, 0.2) is 0 Å². The number of aromatic amines is 1. The lowest BCUT2D eigenvalue weighted by molar-refractivity contribution is -0.146. The van der Waals surface area contributed by atoms with Crippen LogP contribution in [0.15, 0.2) is 42.7 Å². The molecule has 1 heterocycles. The number of nitrogens with two attached hydrogens (primary N) is 1. The first kappa shape index (κ1) is 15.2. The molecule has 3 N–H and O–H groups in total. The molecule has 0 radical (unpaired) electrons. The van der Waals surface area contributed by atoms with Crippen LogP contribution in [0.2, 0.25) is 0 Å². The third-order valence-corrected chi connectivity index (χ3v) is 2.49. The van der Waals surface area contributed by atoms with Crippen LogP contribution in [0.3, 0.4) is 0 Å². The Bertz CT molecular complexity index is 488. The molecule has 0 saturated heterocycles. The van der Waals surface area contributed by atoms with Crippen LogP contribution in [0.25, 0.3) is 0 Å². The molecule has 0 saturated carbocycles. The fourth-order valence-corrected chi connectivity index (χ4v) is 1.54. The van der Waals surface area contributed by atoms with Crippen molar-refractivity contribution in [2.24, 2.45) is 5.73 Å². The van der Waals surface area contributed by atoms with Crippen molar-refractivity contribution in [2.75, 3.05) is 0 Å². The molecule has 0 fully saturated rings. The van der Waals surface area contributed by atoms with E-state index in [4.69, 9.17) is 10.5 Å². The SMILES string of the molecule is Cl.NC(Cc1ncc[nH]1)C(=O)OCc1ccccc1. The van der Waals surface area contributed by atoms with Crippen molar-refractivity contribution in [3.8, 4) is 0 Å². The Kier molecular flexibility index (Phi) is 6.05. The van der Waals surface area contributed by atoms with Crippen LogP contribution in [0.4, 0.5) is 0 Å². The highest BCUT2D eigenvalue weighted by atomic mass is 35.5. The molecule has 1 unspecified atom stereocenters. The van der Waals surface area contributed by atoms with Crippen molar-refractivity contribution in [1.29, 1.82) is 0 Å². The predicted molar refractivity (Wildman–Crippen MR) is 73.8 cm³/mol. The highest BCUT2D eigenvalue weighted by molar-refractivity contribution is 5.85. The first-order chi connectivity index (χ1) is 8.75. The van der Waals surface area contributed by atoms with Gasteiger partial charge in [0, 0.05) is 18.8 Å². The minimum atomic E-state index is -0.695. The first-order valence-electron chi connectivity index (χ1n) is 5.70. The van der Waals surface area contributed by atoms with E-state index in [0.29, 0.717) is 12.2 Å². The van der Waals surface area contributed by atoms with Crippen LogP contribution in [0.5, 0.6) is 0 Å². The number of hydrogen-bond acceptors (Lipinski definition) is 4. The normalized spacial score (nSPS) is 11.4. The molecule has 0 spiro atoms. The Balaban J connectivity index is 0.00000180. The average Bonchev–Trinajstić information content (AvgIpc) is 2.90. The number of H-pyrrole nitrogens is 1. The summed E-state index contributed by atoms with van der Waals surface area (Å²) in [6.07, 6.45) is 3.66. The molecule has 0 bridgehead atoms. The summed E-state index contributed by atoms with van der Waals surface area (Å²) < 4.78 is 5.13. The zero-order valence-electron chi connectivity index (χ0n) is 10.3. The zero-order valence-corrected chi connectivity index (χ0v) is 11.1. The third-order valence-electron chi connectivity index (χ3n) is 2.49. The Morgan fingerprint density at radius 1 is 1.37 bits per heavy atom. The lowest BCUT2D eigenvalue weighted by atomic mass is 10.2. The molecule has 0 aliphatic heterocycles. The van der Waals surface area contributed by atoms with E-state index in [1.807, 2.05) is 30.3 Å². The molecule has 102 valence electrons. The molecule has 0 aliphatic carbocycles. The minimum absolute atomic E-state index is 0. The Labute approximate surface area is 117 Å². The van der Waals surface area contributed by atoms with E-state index >= 15 is 0 Å². The van der Waals surface area contributed by atoms with Gasteiger partial charge in [-0.25, -0.2) is 4.98 Å². The van der Waals surface area contributed by atoms with Gasteiger partial charge in [0.2, 0.25) is 0 Å². The van der Waals surface area contributed by atoms with Gasteiger partial charge in [0.05, 0.1) is 0 Å². The maximum absolute atomic E-state index is 11.7. The van der Waals surface area contributed by atoms with Gasteiger partial charge < -0.3 is 15.5 Å². The number of halogens is 1. The molecule has 1 aromatic heterocycles. The monoisotopic (exact) mass is 281 g/mol. The number of carbonyl (C=O) groups is 1. The van der Waals surface area contributed by atoms with E-state index in [-0.39, 0.29) is 19.0 Å². The number of carbonyl (C=O) groups excluding carboxylic acids is 1. The van der Waals surface area contributed by atoms with E-state index in [0.717, 1.165) is 5.56 Å². The molecular weight excluding hydrogens is 266 g/mol. The summed E-state index contributed by atoms with van der Waals surface area (Å²) in [5.41, 5.74) is 6.68. The lowest BCUT2D eigenvalue weighted by Crippen LogP contribution is -2.34. The van der Waals surface area contributed by atoms with Gasteiger partial charge in [-0.1, -0.05) is 30.3 Å². The smallest absolute Gasteiger partial charge is 0.323 e. The quantitative estimate of drug-likeness (QED) is 0.813. The highest BCUT2D eigenvalue weighted by Gasteiger charge is 2.16. The Hall–Kier alpha value is -1.85. The summed E-state index contributed by atoms with van der Waals surface area (Å²) in [6.45, 7) is 0.242. The summed E-state index contributed by atoms with van der Waals surface area (Å²) >= 11 is 0. The Morgan fingerprint density at radius 2 is 2.11 bits per heavy atom. The maximum Gasteiger partial charge on any atom is 0.323 e. The highest BCUT2D eigenvalue weighted by Crippen LogP contribution is 2.03. The zero-order chi connectivity index (χ0) is 12.8. The van der Waals surface area contributed by atoms with Crippen molar-refractivity contribution in [3.63, 3.8) is 0 Å². The van der Waals surface area contributed by atoms with Gasteiger partial charge >= 0.3 is 5.97 Å². The van der Waals surface area contributed by atoms with Gasteiger partial charge in [0.1, 0.15) is 18.5 Å². The molecule has 19 heavy (non-hydrogen) atoms. The summed E-state index contributed by atoms with van der Waals surface area (Å²) in [5.74, 6) is 0.259. The molecule has 1 atom stereocenters. The van der Waals surface area contributed by atoms with Gasteiger partial charge in [-0.2, -0.15) is 0 Å². The van der Waals surface area contributed by atoms with E-state index in [1.165, 1.54) is 0 Å². The van der Waals surface area contributed by atoms with Gasteiger partial charge in [-0.05, 0) is 5.56 Å². The van der Waals surface area contributed by atoms with Crippen LogP contribution in [0.1, 0.15) is 11.4 Å². The fraction of sp³-hybridized carbons (Fsp3) is 0.231. The van der Waals surface area contributed by atoms with E-state index in [1.54, 1.807) is 12.4 Å². The number of nitrogens with one attached hydrogen (secondary N) is 1. The number of nitrogens with zero attached hydrogens (tertiary/aromatic N) is 1. The number of hydrogen-bond donors (Lipinski definition) is 2. The summed E-state index contributed by atoms with van der Waals surface area (Å²) in [7, 11) is 0. The minimum Gasteiger partial charge on any atom is -0.460 e. The molecule has 2 rings (SSSR count). The van der Waals surface area contributed by atoms with Gasteiger partial charge in [-0.3, -0.25) is 4.79 Å². The summed E-state index contributed by atoms with van der Waals surface area (Å²) in [5, 5.41) is 0. The number of benzene rings is 1. The van der Waals surface area contributed by atoms with E-state index < -0.39 is 12.0 Å². The third kappa shape index (κ3) is 4.73. The van der Waals surface area contributed by atoms with Crippen molar-refractivity contribution < 1.29 is 9.53 Å². The number of aromatic nitrogens is 2. The molecule has 0 aliphatic rings. The van der Waals surface area contributed by atoms with Crippen LogP contribution in [-0.2, 0) is 22.6 Å².